The number of ether oxygens (including phenoxy) is 1. The van der Waals surface area contributed by atoms with Gasteiger partial charge in [-0.25, -0.2) is 9.59 Å². The van der Waals surface area contributed by atoms with Crippen molar-refractivity contribution in [2.24, 2.45) is 5.92 Å². The monoisotopic (exact) mass is 338 g/mol. The van der Waals surface area contributed by atoms with Crippen molar-refractivity contribution in [2.45, 2.75) is 38.2 Å². The van der Waals surface area contributed by atoms with Gasteiger partial charge in [0.1, 0.15) is 6.10 Å². The summed E-state index contributed by atoms with van der Waals surface area (Å²) in [5.74, 6) is -1.42. The van der Waals surface area contributed by atoms with E-state index in [4.69, 9.17) is 4.74 Å². The van der Waals surface area contributed by atoms with Crippen molar-refractivity contribution in [3.63, 3.8) is 0 Å². The van der Waals surface area contributed by atoms with Crippen LogP contribution in [0.2, 0.25) is 0 Å². The Morgan fingerprint density at radius 1 is 0.880 bits per heavy atom. The van der Waals surface area contributed by atoms with Crippen LogP contribution in [0.1, 0.15) is 64.5 Å². The zero-order valence-corrected chi connectivity index (χ0v) is 14.1. The molecule has 1 aliphatic carbocycles. The Balaban J connectivity index is 1.87. The highest BCUT2D eigenvalue weighted by atomic mass is 16.5. The maximum atomic E-state index is 12.7. The molecule has 0 saturated heterocycles. The van der Waals surface area contributed by atoms with E-state index in [1.165, 1.54) is 18.6 Å². The number of carboxylic acid groups (broad SMARTS) is 1. The number of esters is 1. The third-order valence-corrected chi connectivity index (χ3v) is 4.82. The molecule has 1 aliphatic rings. The van der Waals surface area contributed by atoms with Crippen molar-refractivity contribution in [1.82, 2.24) is 0 Å². The van der Waals surface area contributed by atoms with Crippen LogP contribution in [0.4, 0.5) is 0 Å². The molecule has 3 rings (SSSR count). The SMILES string of the molecule is O=C(O)c1ccccc1C(=O)OC(c1ccccc1)C1CCCCC1. The lowest BCUT2D eigenvalue weighted by atomic mass is 9.82. The molecule has 1 atom stereocenters. The van der Waals surface area contributed by atoms with Crippen LogP contribution in [-0.2, 0) is 4.74 Å². The highest BCUT2D eigenvalue weighted by Gasteiger charge is 2.29. The molecule has 1 N–H and O–H groups in total. The molecule has 0 amide bonds. The van der Waals surface area contributed by atoms with E-state index in [1.807, 2.05) is 30.3 Å². The second-order valence-electron chi connectivity index (χ2n) is 6.49. The number of rotatable bonds is 5. The fourth-order valence-electron chi connectivity index (χ4n) is 3.54. The summed E-state index contributed by atoms with van der Waals surface area (Å²) in [5, 5.41) is 9.31. The summed E-state index contributed by atoms with van der Waals surface area (Å²) < 4.78 is 5.85. The van der Waals surface area contributed by atoms with Crippen molar-refractivity contribution in [3.05, 3.63) is 71.3 Å². The van der Waals surface area contributed by atoms with Crippen molar-refractivity contribution in [1.29, 1.82) is 0 Å². The van der Waals surface area contributed by atoms with Gasteiger partial charge in [0, 0.05) is 5.92 Å². The Hall–Kier alpha value is -2.62. The van der Waals surface area contributed by atoms with Gasteiger partial charge in [0.25, 0.3) is 0 Å². The molecule has 1 unspecified atom stereocenters. The summed E-state index contributed by atoms with van der Waals surface area (Å²) in [6, 6.07) is 15.9. The second-order valence-corrected chi connectivity index (χ2v) is 6.49. The summed E-state index contributed by atoms with van der Waals surface area (Å²) in [4.78, 5) is 24.1. The number of hydrogen-bond donors (Lipinski definition) is 1. The van der Waals surface area contributed by atoms with Crippen molar-refractivity contribution < 1.29 is 19.4 Å². The smallest absolute Gasteiger partial charge is 0.339 e. The van der Waals surface area contributed by atoms with Gasteiger partial charge in [0.15, 0.2) is 0 Å². The van der Waals surface area contributed by atoms with Gasteiger partial charge in [-0.05, 0) is 30.5 Å². The minimum absolute atomic E-state index is 0.0250. The fraction of sp³-hybridized carbons (Fsp3) is 0.333. The first-order chi connectivity index (χ1) is 12.2. The van der Waals surface area contributed by atoms with Gasteiger partial charge in [-0.15, -0.1) is 0 Å². The van der Waals surface area contributed by atoms with Crippen LogP contribution in [0.5, 0.6) is 0 Å². The molecule has 4 nitrogen and oxygen atoms in total. The Kier molecular flexibility index (Phi) is 5.49. The van der Waals surface area contributed by atoms with Gasteiger partial charge >= 0.3 is 11.9 Å². The van der Waals surface area contributed by atoms with E-state index in [0.29, 0.717) is 0 Å². The molecule has 0 aromatic heterocycles. The van der Waals surface area contributed by atoms with Crippen molar-refractivity contribution in [3.8, 4) is 0 Å². The standard InChI is InChI=1S/C21H22O4/c22-20(23)17-13-7-8-14-18(17)21(24)25-19(15-9-3-1-4-10-15)16-11-5-2-6-12-16/h1,3-4,7-10,13-14,16,19H,2,5-6,11-12H2,(H,22,23). The summed E-state index contributed by atoms with van der Waals surface area (Å²) in [6.45, 7) is 0. The Morgan fingerprint density at radius 2 is 1.48 bits per heavy atom. The molecule has 2 aromatic carbocycles. The van der Waals surface area contributed by atoms with E-state index in [2.05, 4.69) is 0 Å². The third kappa shape index (κ3) is 4.08. The molecular formula is C21H22O4. The van der Waals surface area contributed by atoms with Gasteiger partial charge in [0.05, 0.1) is 11.1 Å². The van der Waals surface area contributed by atoms with Crippen molar-refractivity contribution >= 4 is 11.9 Å². The fourth-order valence-corrected chi connectivity index (χ4v) is 3.54. The molecule has 0 heterocycles. The van der Waals surface area contributed by atoms with Crippen LogP contribution in [0.3, 0.4) is 0 Å². The van der Waals surface area contributed by atoms with Crippen LogP contribution < -0.4 is 0 Å². The zero-order chi connectivity index (χ0) is 17.6. The highest BCUT2D eigenvalue weighted by molar-refractivity contribution is 6.02. The third-order valence-electron chi connectivity index (χ3n) is 4.82. The lowest BCUT2D eigenvalue weighted by molar-refractivity contribution is 0.00638. The molecule has 1 fully saturated rings. The zero-order valence-electron chi connectivity index (χ0n) is 14.1. The number of aromatic carboxylic acids is 1. The van der Waals surface area contributed by atoms with Gasteiger partial charge < -0.3 is 9.84 Å². The van der Waals surface area contributed by atoms with E-state index in [-0.39, 0.29) is 23.1 Å². The normalized spacial score (nSPS) is 16.2. The first kappa shape index (κ1) is 17.2. The van der Waals surface area contributed by atoms with Gasteiger partial charge in [-0.3, -0.25) is 0 Å². The first-order valence-corrected chi connectivity index (χ1v) is 8.75. The average molecular weight is 338 g/mol. The Labute approximate surface area is 147 Å². The summed E-state index contributed by atoms with van der Waals surface area (Å²) >= 11 is 0. The highest BCUT2D eigenvalue weighted by Crippen LogP contribution is 2.37. The van der Waals surface area contributed by atoms with Crippen LogP contribution in [-0.4, -0.2) is 17.0 Å². The van der Waals surface area contributed by atoms with E-state index in [1.54, 1.807) is 12.1 Å². The van der Waals surface area contributed by atoms with Crippen LogP contribution >= 0.6 is 0 Å². The van der Waals surface area contributed by atoms with Crippen LogP contribution in [0.15, 0.2) is 54.6 Å². The first-order valence-electron chi connectivity index (χ1n) is 8.75. The van der Waals surface area contributed by atoms with Crippen LogP contribution in [0, 0.1) is 5.92 Å². The number of carbonyl (C=O) groups excluding carboxylic acids is 1. The molecule has 2 aromatic rings. The lowest BCUT2D eigenvalue weighted by Gasteiger charge is -2.30. The molecule has 0 bridgehead atoms. The number of benzene rings is 2. The molecular weight excluding hydrogens is 316 g/mol. The van der Waals surface area contributed by atoms with Gasteiger partial charge in [-0.2, -0.15) is 0 Å². The Morgan fingerprint density at radius 3 is 2.12 bits per heavy atom. The minimum atomic E-state index is -1.12. The van der Waals surface area contributed by atoms with E-state index < -0.39 is 11.9 Å². The van der Waals surface area contributed by atoms with E-state index in [9.17, 15) is 14.7 Å². The summed E-state index contributed by atoms with van der Waals surface area (Å²) in [7, 11) is 0. The van der Waals surface area contributed by atoms with Gasteiger partial charge in [-0.1, -0.05) is 61.7 Å². The largest absolute Gasteiger partial charge is 0.478 e. The molecule has 4 heteroatoms. The maximum absolute atomic E-state index is 12.7. The number of carbonyl (C=O) groups is 2. The molecule has 25 heavy (non-hydrogen) atoms. The second kappa shape index (κ2) is 7.97. The summed E-state index contributed by atoms with van der Waals surface area (Å²) in [6.07, 6.45) is 5.19. The maximum Gasteiger partial charge on any atom is 0.339 e. The number of hydrogen-bond acceptors (Lipinski definition) is 3. The van der Waals surface area contributed by atoms with E-state index >= 15 is 0 Å². The molecule has 130 valence electrons. The molecule has 0 spiro atoms. The predicted octanol–water partition coefficient (Wildman–Crippen LogP) is 4.86. The lowest BCUT2D eigenvalue weighted by Crippen LogP contribution is -2.23. The molecule has 0 radical (unpaired) electrons. The number of carboxylic acids is 1. The quantitative estimate of drug-likeness (QED) is 0.791. The molecule has 0 aliphatic heterocycles. The topological polar surface area (TPSA) is 63.6 Å². The van der Waals surface area contributed by atoms with Crippen LogP contribution in [0.25, 0.3) is 0 Å². The predicted molar refractivity (Wildman–Crippen MR) is 94.6 cm³/mol. The van der Waals surface area contributed by atoms with Gasteiger partial charge in [0.2, 0.25) is 0 Å². The molecule has 1 saturated carbocycles. The average Bonchev–Trinajstić information content (AvgIpc) is 2.67. The minimum Gasteiger partial charge on any atom is -0.478 e. The van der Waals surface area contributed by atoms with E-state index in [0.717, 1.165) is 31.2 Å². The Bertz CT molecular complexity index is 733. The summed E-state index contributed by atoms with van der Waals surface area (Å²) in [5.41, 5.74) is 1.05. The van der Waals surface area contributed by atoms with Crippen molar-refractivity contribution in [2.75, 3.05) is 0 Å².